The van der Waals surface area contributed by atoms with E-state index < -0.39 is 0 Å². The average molecular weight is 327 g/mol. The summed E-state index contributed by atoms with van der Waals surface area (Å²) in [6.45, 7) is 3.27. The van der Waals surface area contributed by atoms with Crippen molar-refractivity contribution in [2.24, 2.45) is 0 Å². The van der Waals surface area contributed by atoms with Gasteiger partial charge in [0.2, 0.25) is 0 Å². The lowest BCUT2D eigenvalue weighted by Gasteiger charge is -2.21. The van der Waals surface area contributed by atoms with Crippen molar-refractivity contribution in [3.8, 4) is 0 Å². The quantitative estimate of drug-likeness (QED) is 0.732. The smallest absolute Gasteiger partial charge is 0.137 e. The van der Waals surface area contributed by atoms with E-state index in [1.54, 1.807) is 23.1 Å². The van der Waals surface area contributed by atoms with Crippen LogP contribution in [0.2, 0.25) is 0 Å². The number of benzene rings is 1. The van der Waals surface area contributed by atoms with E-state index in [0.717, 1.165) is 37.1 Å². The molecule has 0 aliphatic rings. The molecule has 0 radical (unpaired) electrons. The van der Waals surface area contributed by atoms with Gasteiger partial charge in [-0.15, -0.1) is 0 Å². The Morgan fingerprint density at radius 1 is 1.32 bits per heavy atom. The van der Waals surface area contributed by atoms with E-state index in [1.807, 2.05) is 6.07 Å². The van der Waals surface area contributed by atoms with Crippen LogP contribution in [0.15, 0.2) is 36.9 Å². The van der Waals surface area contributed by atoms with Crippen molar-refractivity contribution in [1.82, 2.24) is 19.7 Å². The summed E-state index contributed by atoms with van der Waals surface area (Å²) in [5.41, 5.74) is 0.986. The SMILES string of the molecule is Fc1cccc(CN(CCBr)CCn2cncn2)c1. The molecule has 2 aromatic rings. The monoisotopic (exact) mass is 326 g/mol. The molecule has 4 nitrogen and oxygen atoms in total. The molecule has 0 N–H and O–H groups in total. The first-order valence-corrected chi connectivity index (χ1v) is 7.25. The molecule has 1 aromatic heterocycles. The van der Waals surface area contributed by atoms with Gasteiger partial charge in [-0.1, -0.05) is 28.1 Å². The van der Waals surface area contributed by atoms with Gasteiger partial charge in [-0.25, -0.2) is 9.37 Å². The summed E-state index contributed by atoms with van der Waals surface area (Å²) in [6.07, 6.45) is 3.23. The molecule has 1 heterocycles. The highest BCUT2D eigenvalue weighted by atomic mass is 79.9. The maximum absolute atomic E-state index is 13.2. The Hall–Kier alpha value is -1.27. The highest BCUT2D eigenvalue weighted by Crippen LogP contribution is 2.08. The van der Waals surface area contributed by atoms with E-state index in [1.165, 1.54) is 12.4 Å². The summed E-state index contributed by atoms with van der Waals surface area (Å²) in [7, 11) is 0. The largest absolute Gasteiger partial charge is 0.296 e. The third-order valence-electron chi connectivity index (χ3n) is 2.81. The Morgan fingerprint density at radius 2 is 2.21 bits per heavy atom. The summed E-state index contributed by atoms with van der Waals surface area (Å²) in [6, 6.07) is 6.73. The summed E-state index contributed by atoms with van der Waals surface area (Å²) < 4.78 is 15.0. The Balaban J connectivity index is 1.91. The molecule has 0 fully saturated rings. The van der Waals surface area contributed by atoms with Crippen molar-refractivity contribution in [3.05, 3.63) is 48.3 Å². The molecule has 0 bridgehead atoms. The minimum atomic E-state index is -0.187. The Morgan fingerprint density at radius 3 is 2.89 bits per heavy atom. The van der Waals surface area contributed by atoms with Gasteiger partial charge in [-0.2, -0.15) is 5.10 Å². The molecule has 0 unspecified atom stereocenters. The maximum atomic E-state index is 13.2. The molecule has 2 rings (SSSR count). The minimum Gasteiger partial charge on any atom is -0.296 e. The first kappa shape index (κ1) is 14.1. The van der Waals surface area contributed by atoms with Crippen LogP contribution < -0.4 is 0 Å². The lowest BCUT2D eigenvalue weighted by atomic mass is 10.2. The summed E-state index contributed by atoms with van der Waals surface area (Å²) in [5, 5.41) is 4.97. The van der Waals surface area contributed by atoms with Crippen LogP contribution in [-0.4, -0.2) is 38.1 Å². The van der Waals surface area contributed by atoms with Crippen LogP contribution in [0.3, 0.4) is 0 Å². The van der Waals surface area contributed by atoms with E-state index >= 15 is 0 Å². The number of halogens is 2. The zero-order valence-corrected chi connectivity index (χ0v) is 12.1. The summed E-state index contributed by atoms with van der Waals surface area (Å²) in [5.74, 6) is -0.187. The van der Waals surface area contributed by atoms with Gasteiger partial charge in [0.15, 0.2) is 0 Å². The minimum absolute atomic E-state index is 0.187. The van der Waals surface area contributed by atoms with Gasteiger partial charge in [0.1, 0.15) is 18.5 Å². The molecule has 102 valence electrons. The zero-order valence-electron chi connectivity index (χ0n) is 10.5. The fraction of sp³-hybridized carbons (Fsp3) is 0.385. The number of aromatic nitrogens is 3. The van der Waals surface area contributed by atoms with E-state index in [-0.39, 0.29) is 5.82 Å². The van der Waals surface area contributed by atoms with Crippen LogP contribution in [-0.2, 0) is 13.1 Å². The van der Waals surface area contributed by atoms with Gasteiger partial charge in [-0.3, -0.25) is 9.58 Å². The molecule has 0 amide bonds. The Bertz CT molecular complexity index is 489. The van der Waals surface area contributed by atoms with Gasteiger partial charge >= 0.3 is 0 Å². The average Bonchev–Trinajstić information content (AvgIpc) is 2.89. The second kappa shape index (κ2) is 7.35. The molecule has 0 saturated heterocycles. The molecule has 0 atom stereocenters. The molecule has 0 aliphatic carbocycles. The van der Waals surface area contributed by atoms with Crippen molar-refractivity contribution < 1.29 is 4.39 Å². The first-order chi connectivity index (χ1) is 9.28. The van der Waals surface area contributed by atoms with E-state index in [2.05, 4.69) is 30.9 Å². The molecule has 1 aromatic carbocycles. The van der Waals surface area contributed by atoms with Gasteiger partial charge < -0.3 is 0 Å². The van der Waals surface area contributed by atoms with Gasteiger partial charge in [-0.05, 0) is 17.7 Å². The highest BCUT2D eigenvalue weighted by molar-refractivity contribution is 9.09. The van der Waals surface area contributed by atoms with Crippen molar-refractivity contribution in [2.45, 2.75) is 13.1 Å². The van der Waals surface area contributed by atoms with Gasteiger partial charge in [0.25, 0.3) is 0 Å². The van der Waals surface area contributed by atoms with Gasteiger partial charge in [0.05, 0.1) is 6.54 Å². The number of hydrogen-bond acceptors (Lipinski definition) is 3. The van der Waals surface area contributed by atoms with Crippen LogP contribution in [0.25, 0.3) is 0 Å². The molecule has 19 heavy (non-hydrogen) atoms. The lowest BCUT2D eigenvalue weighted by Crippen LogP contribution is -2.29. The standard InChI is InChI=1S/C13H16BrFN4/c14-4-5-18(6-7-19-11-16-10-17-19)9-12-2-1-3-13(15)8-12/h1-3,8,10-11H,4-7,9H2. The van der Waals surface area contributed by atoms with Crippen LogP contribution in [0, 0.1) is 5.82 Å². The van der Waals surface area contributed by atoms with E-state index in [9.17, 15) is 4.39 Å². The Kier molecular flexibility index (Phi) is 5.47. The number of rotatable bonds is 7. The molecule has 0 saturated carbocycles. The lowest BCUT2D eigenvalue weighted by molar-refractivity contribution is 0.266. The third kappa shape index (κ3) is 4.72. The van der Waals surface area contributed by atoms with Crippen LogP contribution in [0.1, 0.15) is 5.56 Å². The number of alkyl halides is 1. The van der Waals surface area contributed by atoms with E-state index in [0.29, 0.717) is 0 Å². The fourth-order valence-electron chi connectivity index (χ4n) is 1.88. The number of nitrogens with zero attached hydrogens (tertiary/aromatic N) is 4. The summed E-state index contributed by atoms with van der Waals surface area (Å²) >= 11 is 3.45. The van der Waals surface area contributed by atoms with Crippen molar-refractivity contribution in [2.75, 3.05) is 18.4 Å². The Labute approximate surface area is 120 Å². The van der Waals surface area contributed by atoms with Crippen LogP contribution in [0.4, 0.5) is 4.39 Å². The normalized spacial score (nSPS) is 11.1. The zero-order chi connectivity index (χ0) is 13.5. The highest BCUT2D eigenvalue weighted by Gasteiger charge is 2.06. The fourth-order valence-corrected chi connectivity index (χ4v) is 2.38. The predicted octanol–water partition coefficient (Wildman–Crippen LogP) is 2.31. The second-order valence-electron chi connectivity index (χ2n) is 4.25. The molecule has 6 heteroatoms. The van der Waals surface area contributed by atoms with Gasteiger partial charge in [0, 0.05) is 25.0 Å². The van der Waals surface area contributed by atoms with E-state index in [4.69, 9.17) is 0 Å². The molecule has 0 aliphatic heterocycles. The second-order valence-corrected chi connectivity index (χ2v) is 5.05. The van der Waals surface area contributed by atoms with Crippen molar-refractivity contribution in [1.29, 1.82) is 0 Å². The topological polar surface area (TPSA) is 34.0 Å². The predicted molar refractivity (Wildman–Crippen MR) is 75.5 cm³/mol. The summed E-state index contributed by atoms with van der Waals surface area (Å²) in [4.78, 5) is 6.17. The molecular weight excluding hydrogens is 311 g/mol. The van der Waals surface area contributed by atoms with Crippen LogP contribution >= 0.6 is 15.9 Å². The number of hydrogen-bond donors (Lipinski definition) is 0. The molecule has 0 spiro atoms. The first-order valence-electron chi connectivity index (χ1n) is 6.13. The maximum Gasteiger partial charge on any atom is 0.137 e. The third-order valence-corrected chi connectivity index (χ3v) is 3.16. The van der Waals surface area contributed by atoms with Crippen LogP contribution in [0.5, 0.6) is 0 Å². The van der Waals surface area contributed by atoms with Crippen molar-refractivity contribution in [3.63, 3.8) is 0 Å². The van der Waals surface area contributed by atoms with Crippen molar-refractivity contribution >= 4 is 15.9 Å². The molecular formula is C13H16BrFN4.